The van der Waals surface area contributed by atoms with Gasteiger partial charge < -0.3 is 13.9 Å². The van der Waals surface area contributed by atoms with Crippen molar-refractivity contribution < 1.29 is 4.42 Å². The Morgan fingerprint density at radius 3 is 1.95 bits per heavy atom. The fourth-order valence-electron chi connectivity index (χ4n) is 6.60. The van der Waals surface area contributed by atoms with Gasteiger partial charge in [0.25, 0.3) is 0 Å². The van der Waals surface area contributed by atoms with Crippen LogP contribution in [-0.2, 0) is 0 Å². The van der Waals surface area contributed by atoms with Crippen LogP contribution in [0.15, 0.2) is 162 Å². The van der Waals surface area contributed by atoms with Crippen LogP contribution in [-0.4, -0.2) is 4.57 Å². The molecule has 0 spiro atoms. The van der Waals surface area contributed by atoms with Gasteiger partial charge in [-0.3, -0.25) is 0 Å². The molecule has 2 heterocycles. The van der Waals surface area contributed by atoms with Crippen molar-refractivity contribution in [2.45, 2.75) is 0 Å². The normalized spacial score (nSPS) is 11.7. The van der Waals surface area contributed by atoms with E-state index in [1.165, 1.54) is 27.1 Å². The molecular weight excluding hydrogens is 524 g/mol. The maximum absolute atomic E-state index is 6.70. The van der Waals surface area contributed by atoms with Crippen molar-refractivity contribution in [2.75, 3.05) is 4.90 Å². The predicted molar refractivity (Wildman–Crippen MR) is 180 cm³/mol. The highest BCUT2D eigenvalue weighted by Gasteiger charge is 2.21. The molecule has 0 saturated carbocycles. The van der Waals surface area contributed by atoms with Crippen LogP contribution in [0.1, 0.15) is 0 Å². The van der Waals surface area contributed by atoms with Gasteiger partial charge in [-0.05, 0) is 71.4 Å². The van der Waals surface area contributed by atoms with Crippen LogP contribution in [0.4, 0.5) is 17.1 Å². The van der Waals surface area contributed by atoms with Gasteiger partial charge in [-0.2, -0.15) is 0 Å². The molecular formula is C40H26N2O. The summed E-state index contributed by atoms with van der Waals surface area (Å²) in [4.78, 5) is 2.32. The third-order valence-electron chi connectivity index (χ3n) is 8.53. The highest BCUT2D eigenvalue weighted by Crippen LogP contribution is 2.44. The molecule has 0 fully saturated rings. The number of para-hydroxylation sites is 4. The number of fused-ring (bicyclic) bond motifs is 7. The van der Waals surface area contributed by atoms with Crippen LogP contribution in [0.3, 0.4) is 0 Å². The summed E-state index contributed by atoms with van der Waals surface area (Å²) >= 11 is 0. The molecule has 0 aliphatic carbocycles. The first kappa shape index (κ1) is 23.9. The van der Waals surface area contributed by atoms with Gasteiger partial charge in [0, 0.05) is 38.6 Å². The molecule has 3 heteroatoms. The van der Waals surface area contributed by atoms with E-state index in [1.54, 1.807) is 0 Å². The van der Waals surface area contributed by atoms with Gasteiger partial charge in [-0.25, -0.2) is 0 Å². The Morgan fingerprint density at radius 2 is 1.12 bits per heavy atom. The molecule has 43 heavy (non-hydrogen) atoms. The summed E-state index contributed by atoms with van der Waals surface area (Å²) in [5.74, 6) is 0. The number of hydrogen-bond donors (Lipinski definition) is 0. The Hall–Kier alpha value is -5.80. The topological polar surface area (TPSA) is 21.3 Å². The van der Waals surface area contributed by atoms with Crippen LogP contribution in [0.2, 0.25) is 0 Å². The molecule has 9 rings (SSSR count). The third kappa shape index (κ3) is 3.68. The molecule has 0 bridgehead atoms. The highest BCUT2D eigenvalue weighted by atomic mass is 16.3. The number of benzene rings is 7. The number of aromatic nitrogens is 1. The Bertz CT molecular complexity index is 2450. The first-order valence-corrected chi connectivity index (χ1v) is 14.6. The van der Waals surface area contributed by atoms with Crippen molar-refractivity contribution in [1.29, 1.82) is 0 Å². The van der Waals surface area contributed by atoms with Gasteiger partial charge in [-0.1, -0.05) is 97.1 Å². The summed E-state index contributed by atoms with van der Waals surface area (Å²) in [5.41, 5.74) is 8.41. The van der Waals surface area contributed by atoms with E-state index in [9.17, 15) is 0 Å². The summed E-state index contributed by atoms with van der Waals surface area (Å²) < 4.78 is 9.06. The molecule has 0 saturated heterocycles. The average Bonchev–Trinajstić information content (AvgIpc) is 3.60. The number of furan rings is 1. The quantitative estimate of drug-likeness (QED) is 0.217. The lowest BCUT2D eigenvalue weighted by Crippen LogP contribution is -2.10. The van der Waals surface area contributed by atoms with Crippen LogP contribution in [0, 0.1) is 0 Å². The fourth-order valence-corrected chi connectivity index (χ4v) is 6.60. The SMILES string of the molecule is c1ccc(N(c2ccc3c4ccccc4n(-c4ccccc4)c3c2)c2cccc3c2oc2cc4ccccc4cc23)cc1. The smallest absolute Gasteiger partial charge is 0.159 e. The fraction of sp³-hybridized carbons (Fsp3) is 0. The van der Waals surface area contributed by atoms with Gasteiger partial charge in [0.2, 0.25) is 0 Å². The van der Waals surface area contributed by atoms with Crippen molar-refractivity contribution in [3.05, 3.63) is 158 Å². The first-order chi connectivity index (χ1) is 21.3. The summed E-state index contributed by atoms with van der Waals surface area (Å²) in [5, 5.41) is 7.09. The summed E-state index contributed by atoms with van der Waals surface area (Å²) in [6, 6.07) is 55.9. The van der Waals surface area contributed by atoms with E-state index in [4.69, 9.17) is 4.42 Å². The second-order valence-corrected chi connectivity index (χ2v) is 11.0. The zero-order valence-electron chi connectivity index (χ0n) is 23.3. The van der Waals surface area contributed by atoms with E-state index < -0.39 is 0 Å². The van der Waals surface area contributed by atoms with E-state index in [0.717, 1.165) is 50.2 Å². The van der Waals surface area contributed by atoms with Crippen molar-refractivity contribution in [3.8, 4) is 5.69 Å². The molecule has 202 valence electrons. The minimum Gasteiger partial charge on any atom is -0.454 e. The van der Waals surface area contributed by atoms with Gasteiger partial charge in [-0.15, -0.1) is 0 Å². The maximum atomic E-state index is 6.70. The third-order valence-corrected chi connectivity index (χ3v) is 8.53. The highest BCUT2D eigenvalue weighted by molar-refractivity contribution is 6.14. The largest absolute Gasteiger partial charge is 0.454 e. The molecule has 0 unspecified atom stereocenters. The maximum Gasteiger partial charge on any atom is 0.159 e. The molecule has 0 N–H and O–H groups in total. The molecule has 3 nitrogen and oxygen atoms in total. The molecule has 2 aromatic heterocycles. The molecule has 7 aromatic carbocycles. The van der Waals surface area contributed by atoms with E-state index in [1.807, 2.05) is 0 Å². The average molecular weight is 551 g/mol. The Morgan fingerprint density at radius 1 is 0.442 bits per heavy atom. The Balaban J connectivity index is 1.33. The lowest BCUT2D eigenvalue weighted by molar-refractivity contribution is 0.669. The standard InChI is InChI=1S/C40H26N2O/c1-3-14-29(15-4-1)41(37-21-11-19-34-35-24-27-12-7-8-13-28(27)25-39(35)43-40(34)37)31-22-23-33-32-18-9-10-20-36(32)42(38(33)26-31)30-16-5-2-6-17-30/h1-26H. The summed E-state index contributed by atoms with van der Waals surface area (Å²) in [6.45, 7) is 0. The lowest BCUT2D eigenvalue weighted by atomic mass is 10.1. The van der Waals surface area contributed by atoms with Crippen LogP contribution in [0.25, 0.3) is 60.2 Å². The van der Waals surface area contributed by atoms with Crippen molar-refractivity contribution >= 4 is 71.6 Å². The summed E-state index contributed by atoms with van der Waals surface area (Å²) in [6.07, 6.45) is 0. The van der Waals surface area contributed by atoms with Gasteiger partial charge in [0.1, 0.15) is 5.58 Å². The number of anilines is 3. The van der Waals surface area contributed by atoms with E-state index in [0.29, 0.717) is 0 Å². The van der Waals surface area contributed by atoms with E-state index in [2.05, 4.69) is 167 Å². The second kappa shape index (κ2) is 9.37. The molecule has 0 aliphatic rings. The van der Waals surface area contributed by atoms with E-state index >= 15 is 0 Å². The Labute approximate surface area is 248 Å². The molecule has 0 atom stereocenters. The van der Waals surface area contributed by atoms with Gasteiger partial charge in [0.15, 0.2) is 5.58 Å². The molecule has 0 radical (unpaired) electrons. The van der Waals surface area contributed by atoms with E-state index in [-0.39, 0.29) is 0 Å². The van der Waals surface area contributed by atoms with Crippen LogP contribution >= 0.6 is 0 Å². The monoisotopic (exact) mass is 550 g/mol. The molecule has 0 amide bonds. The predicted octanol–water partition coefficient (Wildman–Crippen LogP) is 11.3. The number of nitrogens with zero attached hydrogens (tertiary/aromatic N) is 2. The number of hydrogen-bond acceptors (Lipinski definition) is 2. The van der Waals surface area contributed by atoms with Crippen LogP contribution in [0.5, 0.6) is 0 Å². The van der Waals surface area contributed by atoms with Crippen molar-refractivity contribution in [1.82, 2.24) is 4.57 Å². The zero-order valence-corrected chi connectivity index (χ0v) is 23.3. The van der Waals surface area contributed by atoms with Gasteiger partial charge in [0.05, 0.1) is 16.7 Å². The lowest BCUT2D eigenvalue weighted by Gasteiger charge is -2.25. The Kier molecular flexibility index (Phi) is 5.20. The number of rotatable bonds is 4. The minimum atomic E-state index is 0.875. The molecule has 0 aliphatic heterocycles. The minimum absolute atomic E-state index is 0.875. The molecule has 9 aromatic rings. The zero-order chi connectivity index (χ0) is 28.3. The summed E-state index contributed by atoms with van der Waals surface area (Å²) in [7, 11) is 0. The first-order valence-electron chi connectivity index (χ1n) is 14.6. The van der Waals surface area contributed by atoms with Crippen LogP contribution < -0.4 is 4.90 Å². The van der Waals surface area contributed by atoms with Crippen molar-refractivity contribution in [2.24, 2.45) is 0 Å². The second-order valence-electron chi connectivity index (χ2n) is 11.0. The van der Waals surface area contributed by atoms with Gasteiger partial charge >= 0.3 is 0 Å². The van der Waals surface area contributed by atoms with Crippen molar-refractivity contribution in [3.63, 3.8) is 0 Å².